The monoisotopic (exact) mass is 1010 g/mol. The first-order valence-corrected chi connectivity index (χ1v) is 26.4. The summed E-state index contributed by atoms with van der Waals surface area (Å²) in [5, 5.41) is 5.37. The van der Waals surface area contributed by atoms with Crippen LogP contribution in [0.2, 0.25) is 0 Å². The van der Waals surface area contributed by atoms with Crippen molar-refractivity contribution in [3.63, 3.8) is 0 Å². The highest BCUT2D eigenvalue weighted by Crippen LogP contribution is 2.42. The minimum absolute atomic E-state index is 0.0451. The van der Waals surface area contributed by atoms with Crippen LogP contribution in [0.4, 0.5) is 0 Å². The first-order valence-electron chi connectivity index (χ1n) is 26.4. The van der Waals surface area contributed by atoms with E-state index in [0.29, 0.717) is 23.1 Å². The topological polar surface area (TPSA) is 176 Å². The van der Waals surface area contributed by atoms with Gasteiger partial charge in [0.05, 0.1) is 42.1 Å². The van der Waals surface area contributed by atoms with Gasteiger partial charge in [0.1, 0.15) is 0 Å². The van der Waals surface area contributed by atoms with Gasteiger partial charge in [-0.3, -0.25) is 19.2 Å². The first-order chi connectivity index (χ1) is 37.2. The van der Waals surface area contributed by atoms with Gasteiger partial charge in [-0.1, -0.05) is 91.0 Å². The van der Waals surface area contributed by atoms with E-state index in [1.165, 1.54) is 72.4 Å². The summed E-state index contributed by atoms with van der Waals surface area (Å²) in [5.41, 5.74) is 19.2. The number of carbonyl (C=O) groups is 5. The Bertz CT molecular complexity index is 3900. The molecule has 0 spiro atoms. The number of aromatic amines is 2. The van der Waals surface area contributed by atoms with Gasteiger partial charge < -0.3 is 38.9 Å². The molecule has 384 valence electrons. The van der Waals surface area contributed by atoms with E-state index < -0.39 is 11.8 Å². The van der Waals surface area contributed by atoms with E-state index in [1.54, 1.807) is 6.20 Å². The van der Waals surface area contributed by atoms with E-state index >= 15 is 0 Å². The molecule has 0 radical (unpaired) electrons. The summed E-state index contributed by atoms with van der Waals surface area (Å²) < 4.78 is 16.1. The fraction of sp³-hybridized carbons (Fsp3) is 0.254. The Morgan fingerprint density at radius 3 is 1.79 bits per heavy atom. The number of amides is 1. The lowest BCUT2D eigenvalue weighted by Gasteiger charge is -2.14. The van der Waals surface area contributed by atoms with Crippen molar-refractivity contribution in [2.24, 2.45) is 5.73 Å². The van der Waals surface area contributed by atoms with Crippen LogP contribution in [0, 0.1) is 0 Å². The number of nitrogens with zero attached hydrogens (tertiary/aromatic N) is 3. The lowest BCUT2D eigenvalue weighted by Crippen LogP contribution is -2.15. The Morgan fingerprint density at radius 2 is 1.13 bits per heavy atom. The Morgan fingerprint density at radius 1 is 0.579 bits per heavy atom. The number of nitrogens with two attached hydrogens (primary N) is 1. The molecule has 0 bridgehead atoms. The van der Waals surface area contributed by atoms with Crippen LogP contribution >= 0.6 is 0 Å². The van der Waals surface area contributed by atoms with Gasteiger partial charge in [0.15, 0.2) is 11.6 Å². The van der Waals surface area contributed by atoms with Gasteiger partial charge in [-0.2, -0.15) is 0 Å². The second-order valence-electron chi connectivity index (χ2n) is 19.9. The van der Waals surface area contributed by atoms with Crippen molar-refractivity contribution in [3.8, 4) is 0 Å². The van der Waals surface area contributed by atoms with Crippen molar-refractivity contribution in [3.05, 3.63) is 179 Å². The van der Waals surface area contributed by atoms with Crippen LogP contribution in [-0.4, -0.2) is 73.2 Å². The molecule has 4 aliphatic heterocycles. The summed E-state index contributed by atoms with van der Waals surface area (Å²) in [7, 11) is 1.23. The van der Waals surface area contributed by atoms with Gasteiger partial charge in [-0.15, -0.1) is 0 Å². The predicted octanol–water partition coefficient (Wildman–Crippen LogP) is 11.0. The minimum atomic E-state index is -0.807. The molecule has 0 unspecified atom stereocenters. The molecule has 13 nitrogen and oxygen atoms in total. The molecule has 76 heavy (non-hydrogen) atoms. The van der Waals surface area contributed by atoms with E-state index in [9.17, 15) is 24.0 Å². The minimum Gasteiger partial charge on any atom is -0.463 e. The third-order valence-electron chi connectivity index (χ3n) is 15.1. The van der Waals surface area contributed by atoms with Crippen LogP contribution in [0.5, 0.6) is 0 Å². The molecule has 5 aliphatic rings. The maximum Gasteiger partial charge on any atom is 0.379 e. The normalized spacial score (nSPS) is 15.2. The van der Waals surface area contributed by atoms with Crippen molar-refractivity contribution in [2.45, 2.75) is 83.8 Å². The standard InChI is InChI=1S/C24H18N2O2.C14H13NO3.C11H11N.C10H10N2O.C4H8O/c27-20-11-21(28)23(22(20)17-12-25-19-9-2-1-7-15(17)19)18-13-26-10-4-6-14-5-3-8-16(18)24(14)26;1-18-14(17)13(16)11-8-15-7-3-5-9-4-2-6-10(11)12(9)15;1-3-9-5-2-7-12-8-6-10(4-1)11(9)12;11-10(13)5-7-6-12-9-4-2-1-3-8(7)9;1-2-4-5-3-1/h1-3,5,7-9,12-13,25H,4,6,10-11H2;2,4,6,8H,3,5,7H2,1H3;1,3-4,6,8H,2,5,7H2;1-4,6,12H,5H2,(H2,11,13);1-4H2. The molecule has 9 heterocycles. The summed E-state index contributed by atoms with van der Waals surface area (Å²) in [6, 6.07) is 36.8. The Balaban J connectivity index is 0.000000111. The summed E-state index contributed by atoms with van der Waals surface area (Å²) in [5.74, 6) is -1.84. The van der Waals surface area contributed by atoms with Crippen LogP contribution in [-0.2, 0) is 74.0 Å². The average molecular weight is 1010 g/mol. The zero-order valence-corrected chi connectivity index (χ0v) is 42.7. The Labute approximate surface area is 439 Å². The third kappa shape index (κ3) is 9.70. The lowest BCUT2D eigenvalue weighted by molar-refractivity contribution is -0.135. The fourth-order valence-electron chi connectivity index (χ4n) is 11.7. The Hall–Kier alpha value is -8.55. The molecule has 5 aromatic carbocycles. The van der Waals surface area contributed by atoms with Gasteiger partial charge in [0, 0.05) is 119 Å². The number of ketones is 3. The molecule has 15 rings (SSSR count). The molecule has 1 fully saturated rings. The number of hydrogen-bond acceptors (Lipinski definition) is 7. The number of H-pyrrole nitrogens is 2. The number of primary amides is 1. The van der Waals surface area contributed by atoms with Gasteiger partial charge >= 0.3 is 5.97 Å². The molecule has 10 aromatic rings. The van der Waals surface area contributed by atoms with Crippen molar-refractivity contribution < 1.29 is 33.4 Å². The van der Waals surface area contributed by atoms with Crippen molar-refractivity contribution in [2.75, 3.05) is 20.3 Å². The first kappa shape index (κ1) is 49.7. The van der Waals surface area contributed by atoms with Gasteiger partial charge in [0.25, 0.3) is 5.78 Å². The van der Waals surface area contributed by atoms with Crippen molar-refractivity contribution >= 4 is 94.9 Å². The highest BCUT2D eigenvalue weighted by molar-refractivity contribution is 6.52. The second-order valence-corrected chi connectivity index (χ2v) is 19.9. The molecule has 1 amide bonds. The van der Waals surface area contributed by atoms with E-state index in [1.807, 2.05) is 73.1 Å². The van der Waals surface area contributed by atoms with Crippen molar-refractivity contribution in [1.29, 1.82) is 0 Å². The molecule has 13 heteroatoms. The zero-order chi connectivity index (χ0) is 52.3. The number of carbonyl (C=O) groups excluding carboxylic acids is 5. The molecular weight excluding hydrogens is 953 g/mol. The van der Waals surface area contributed by atoms with E-state index in [-0.39, 0.29) is 23.9 Å². The number of aryl methyl sites for hydroxylation is 6. The van der Waals surface area contributed by atoms with Gasteiger partial charge in [0.2, 0.25) is 5.91 Å². The Kier molecular flexibility index (Phi) is 14.2. The summed E-state index contributed by atoms with van der Waals surface area (Å²) >= 11 is 0. The zero-order valence-electron chi connectivity index (χ0n) is 42.7. The molecule has 5 aromatic heterocycles. The van der Waals surface area contributed by atoms with Crippen LogP contribution in [0.1, 0.15) is 82.3 Å². The highest BCUT2D eigenvalue weighted by atomic mass is 16.5. The fourth-order valence-corrected chi connectivity index (χ4v) is 11.7. The molecule has 1 aliphatic carbocycles. The van der Waals surface area contributed by atoms with Crippen molar-refractivity contribution in [1.82, 2.24) is 23.7 Å². The number of para-hydroxylation sites is 5. The van der Waals surface area contributed by atoms with E-state index in [0.717, 1.165) is 107 Å². The number of Topliss-reactive ketones (excluding diaryl/α,β-unsaturated/α-hetero) is 3. The summed E-state index contributed by atoms with van der Waals surface area (Å²) in [6.45, 7) is 5.04. The molecule has 0 atom stereocenters. The number of rotatable bonds is 6. The number of allylic oxidation sites excluding steroid dienone is 2. The smallest absolute Gasteiger partial charge is 0.379 e. The quantitative estimate of drug-likeness (QED) is 0.0642. The number of hydrogen-bond donors (Lipinski definition) is 3. The lowest BCUT2D eigenvalue weighted by atomic mass is 9.94. The maximum absolute atomic E-state index is 13.0. The predicted molar refractivity (Wildman–Crippen MR) is 298 cm³/mol. The van der Waals surface area contributed by atoms with Crippen LogP contribution in [0.3, 0.4) is 0 Å². The number of aromatic nitrogens is 5. The third-order valence-corrected chi connectivity index (χ3v) is 15.1. The average Bonchev–Trinajstić information content (AvgIpc) is 4.42. The SMILES string of the molecule is C1CCOC1.COC(=O)C(=O)c1cn2c3c(cccc13)CCC2.NC(=O)Cc1c[nH]c2ccccc12.O=C1CC(=O)C(c2cn3c4c(cccc24)CCC3)=C1c1c[nH]c2ccccc12.c1cc2c3c(c1)ccn3CCC2. The van der Waals surface area contributed by atoms with Crippen LogP contribution in [0.15, 0.2) is 140 Å². The number of ether oxygens (including phenoxy) is 2. The summed E-state index contributed by atoms with van der Waals surface area (Å²) in [6.07, 6.45) is 19.3. The molecule has 1 saturated heterocycles. The van der Waals surface area contributed by atoms with E-state index in [2.05, 4.69) is 89.3 Å². The molecule has 0 saturated carbocycles. The van der Waals surface area contributed by atoms with E-state index in [4.69, 9.17) is 10.5 Å². The maximum atomic E-state index is 13.0. The number of esters is 1. The van der Waals surface area contributed by atoms with Gasteiger partial charge in [-0.05, 0) is 97.2 Å². The molecular formula is C63H60N6O7. The van der Waals surface area contributed by atoms with Crippen LogP contribution < -0.4 is 5.73 Å². The number of benzene rings is 5. The largest absolute Gasteiger partial charge is 0.463 e. The van der Waals surface area contributed by atoms with Crippen LogP contribution in [0.25, 0.3) is 65.7 Å². The number of methoxy groups -OCH3 is 1. The molecule has 4 N–H and O–H groups in total. The second kappa shape index (κ2) is 21.7. The number of nitrogens with one attached hydrogen (secondary N) is 2. The summed E-state index contributed by atoms with van der Waals surface area (Å²) in [4.78, 5) is 66.3. The van der Waals surface area contributed by atoms with Gasteiger partial charge in [-0.25, -0.2) is 4.79 Å². The highest BCUT2D eigenvalue weighted by Gasteiger charge is 2.35. The number of fused-ring (bicyclic) bond motifs is 2.